The first-order chi connectivity index (χ1) is 6.31. The van der Waals surface area contributed by atoms with Gasteiger partial charge in [-0.3, -0.25) is 0 Å². The second-order valence-corrected chi connectivity index (χ2v) is 3.13. The van der Waals surface area contributed by atoms with Gasteiger partial charge in [0.05, 0.1) is 12.7 Å². The average Bonchev–Trinajstić information content (AvgIpc) is 2.13. The second kappa shape index (κ2) is 9.96. The van der Waals surface area contributed by atoms with Gasteiger partial charge in [0.25, 0.3) is 0 Å². The Hall–Kier alpha value is -0.120. The van der Waals surface area contributed by atoms with E-state index in [0.717, 1.165) is 26.1 Å². The highest BCUT2D eigenvalue weighted by molar-refractivity contribution is 4.52. The van der Waals surface area contributed by atoms with Gasteiger partial charge in [0.1, 0.15) is 0 Å². The fourth-order valence-corrected chi connectivity index (χ4v) is 0.913. The van der Waals surface area contributed by atoms with E-state index in [-0.39, 0.29) is 6.10 Å². The molecule has 0 aliphatic rings. The molecule has 1 N–H and O–H groups in total. The maximum absolute atomic E-state index is 9.37. The molecule has 0 rings (SSSR count). The van der Waals surface area contributed by atoms with Crippen molar-refractivity contribution in [2.24, 2.45) is 0 Å². The lowest BCUT2D eigenvalue weighted by Gasteiger charge is -2.10. The smallest absolute Gasteiger partial charge is 0.0795 e. The van der Waals surface area contributed by atoms with Crippen LogP contribution < -0.4 is 0 Å². The Bertz CT molecular complexity index is 96.2. The molecule has 0 saturated carbocycles. The molecule has 1 atom stereocenters. The molecule has 0 fully saturated rings. The molecule has 0 radical (unpaired) electrons. The van der Waals surface area contributed by atoms with Crippen LogP contribution in [0.15, 0.2) is 0 Å². The minimum absolute atomic E-state index is 0.372. The van der Waals surface area contributed by atoms with Gasteiger partial charge in [-0.1, -0.05) is 13.8 Å². The molecule has 0 bridgehead atoms. The molecule has 0 aliphatic heterocycles. The molecular formula is C10H22O3. The van der Waals surface area contributed by atoms with Crippen LogP contribution in [0.25, 0.3) is 0 Å². The third-order valence-electron chi connectivity index (χ3n) is 1.60. The van der Waals surface area contributed by atoms with Crippen LogP contribution in [0.2, 0.25) is 0 Å². The van der Waals surface area contributed by atoms with E-state index in [1.54, 1.807) is 0 Å². The van der Waals surface area contributed by atoms with E-state index >= 15 is 0 Å². The fourth-order valence-electron chi connectivity index (χ4n) is 0.913. The summed E-state index contributed by atoms with van der Waals surface area (Å²) in [6.45, 7) is 6.70. The summed E-state index contributed by atoms with van der Waals surface area (Å²) in [6, 6.07) is 0. The highest BCUT2D eigenvalue weighted by atomic mass is 16.5. The van der Waals surface area contributed by atoms with Crippen molar-refractivity contribution < 1.29 is 14.6 Å². The first kappa shape index (κ1) is 12.9. The third-order valence-corrected chi connectivity index (χ3v) is 1.60. The molecule has 0 heterocycles. The van der Waals surface area contributed by atoms with Crippen molar-refractivity contribution in [2.75, 3.05) is 26.4 Å². The van der Waals surface area contributed by atoms with E-state index in [0.29, 0.717) is 19.6 Å². The standard InChI is InChI=1S/C10H22O3/c1-3-6-12-8-5-10(11)9-13-7-4-2/h10-11H,3-9H2,1-2H3. The Balaban J connectivity index is 3.05. The monoisotopic (exact) mass is 190 g/mol. The Morgan fingerprint density at radius 3 is 2.23 bits per heavy atom. The summed E-state index contributed by atoms with van der Waals surface area (Å²) in [5, 5.41) is 9.37. The number of aliphatic hydroxyl groups excluding tert-OH is 1. The molecule has 0 amide bonds. The highest BCUT2D eigenvalue weighted by Crippen LogP contribution is 1.95. The summed E-state index contributed by atoms with van der Waals surface area (Å²) in [6.07, 6.45) is 2.33. The van der Waals surface area contributed by atoms with Crippen LogP contribution in [0, 0.1) is 0 Å². The van der Waals surface area contributed by atoms with Crippen molar-refractivity contribution in [1.82, 2.24) is 0 Å². The van der Waals surface area contributed by atoms with Crippen molar-refractivity contribution in [1.29, 1.82) is 0 Å². The van der Waals surface area contributed by atoms with E-state index in [1.165, 1.54) is 0 Å². The van der Waals surface area contributed by atoms with Crippen LogP contribution >= 0.6 is 0 Å². The average molecular weight is 190 g/mol. The van der Waals surface area contributed by atoms with Crippen LogP contribution in [0.3, 0.4) is 0 Å². The lowest BCUT2D eigenvalue weighted by molar-refractivity contribution is 0.0138. The van der Waals surface area contributed by atoms with Crippen LogP contribution in [0.1, 0.15) is 33.1 Å². The zero-order chi connectivity index (χ0) is 9.94. The van der Waals surface area contributed by atoms with E-state index in [9.17, 15) is 5.11 Å². The number of hydrogen-bond donors (Lipinski definition) is 1. The normalized spacial score (nSPS) is 13.2. The van der Waals surface area contributed by atoms with Gasteiger partial charge < -0.3 is 14.6 Å². The van der Waals surface area contributed by atoms with Gasteiger partial charge in [0.2, 0.25) is 0 Å². The summed E-state index contributed by atoms with van der Waals surface area (Å²) < 4.78 is 10.4. The summed E-state index contributed by atoms with van der Waals surface area (Å²) in [5.74, 6) is 0. The second-order valence-electron chi connectivity index (χ2n) is 3.13. The van der Waals surface area contributed by atoms with Gasteiger partial charge >= 0.3 is 0 Å². The van der Waals surface area contributed by atoms with Gasteiger partial charge in [-0.15, -0.1) is 0 Å². The Morgan fingerprint density at radius 2 is 1.62 bits per heavy atom. The zero-order valence-electron chi connectivity index (χ0n) is 8.79. The Kier molecular flexibility index (Phi) is 9.87. The molecule has 0 aromatic rings. The maximum atomic E-state index is 9.37. The summed E-state index contributed by atoms with van der Waals surface area (Å²) in [4.78, 5) is 0. The van der Waals surface area contributed by atoms with Gasteiger partial charge in [-0.2, -0.15) is 0 Å². The fraction of sp³-hybridized carbons (Fsp3) is 1.00. The molecule has 3 nitrogen and oxygen atoms in total. The first-order valence-corrected chi connectivity index (χ1v) is 5.14. The van der Waals surface area contributed by atoms with E-state index < -0.39 is 0 Å². The number of ether oxygens (including phenoxy) is 2. The van der Waals surface area contributed by atoms with Crippen LogP contribution in [0.5, 0.6) is 0 Å². The molecular weight excluding hydrogens is 168 g/mol. The van der Waals surface area contributed by atoms with Crippen LogP contribution in [0.4, 0.5) is 0 Å². The van der Waals surface area contributed by atoms with E-state index in [2.05, 4.69) is 13.8 Å². The van der Waals surface area contributed by atoms with Gasteiger partial charge in [0, 0.05) is 19.8 Å². The maximum Gasteiger partial charge on any atom is 0.0795 e. The quantitative estimate of drug-likeness (QED) is 0.561. The predicted octanol–water partition coefficient (Wildman–Crippen LogP) is 1.59. The van der Waals surface area contributed by atoms with Crippen LogP contribution in [-0.4, -0.2) is 37.6 Å². The molecule has 3 heteroatoms. The SMILES string of the molecule is CCCOCCC(O)COCCC. The van der Waals surface area contributed by atoms with Gasteiger partial charge in [-0.25, -0.2) is 0 Å². The zero-order valence-corrected chi connectivity index (χ0v) is 8.79. The highest BCUT2D eigenvalue weighted by Gasteiger charge is 2.02. The third kappa shape index (κ3) is 9.80. The molecule has 80 valence electrons. The number of rotatable bonds is 9. The predicted molar refractivity (Wildman–Crippen MR) is 52.8 cm³/mol. The number of hydrogen-bond acceptors (Lipinski definition) is 3. The Labute approximate surface area is 81.0 Å². The summed E-state index contributed by atoms with van der Waals surface area (Å²) in [7, 11) is 0. The molecule has 0 aliphatic carbocycles. The van der Waals surface area contributed by atoms with Gasteiger partial charge in [0.15, 0.2) is 0 Å². The van der Waals surface area contributed by atoms with Crippen LogP contribution in [-0.2, 0) is 9.47 Å². The van der Waals surface area contributed by atoms with Crippen molar-refractivity contribution in [3.05, 3.63) is 0 Å². The van der Waals surface area contributed by atoms with E-state index in [4.69, 9.17) is 9.47 Å². The summed E-state index contributed by atoms with van der Waals surface area (Å²) >= 11 is 0. The molecule has 0 aromatic heterocycles. The van der Waals surface area contributed by atoms with Gasteiger partial charge in [-0.05, 0) is 19.3 Å². The lowest BCUT2D eigenvalue weighted by Crippen LogP contribution is -2.18. The molecule has 1 unspecified atom stereocenters. The molecule has 13 heavy (non-hydrogen) atoms. The topological polar surface area (TPSA) is 38.7 Å². The van der Waals surface area contributed by atoms with Crippen molar-refractivity contribution in [3.63, 3.8) is 0 Å². The lowest BCUT2D eigenvalue weighted by atomic mass is 10.3. The molecule has 0 spiro atoms. The van der Waals surface area contributed by atoms with Crippen molar-refractivity contribution in [2.45, 2.75) is 39.2 Å². The Morgan fingerprint density at radius 1 is 1.00 bits per heavy atom. The largest absolute Gasteiger partial charge is 0.391 e. The summed E-state index contributed by atoms with van der Waals surface area (Å²) in [5.41, 5.74) is 0. The van der Waals surface area contributed by atoms with E-state index in [1.807, 2.05) is 0 Å². The van der Waals surface area contributed by atoms with Crippen molar-refractivity contribution >= 4 is 0 Å². The molecule has 0 aromatic carbocycles. The number of aliphatic hydroxyl groups is 1. The first-order valence-electron chi connectivity index (χ1n) is 5.14. The van der Waals surface area contributed by atoms with Crippen molar-refractivity contribution in [3.8, 4) is 0 Å². The minimum atomic E-state index is -0.372. The minimum Gasteiger partial charge on any atom is -0.391 e. The molecule has 0 saturated heterocycles.